The van der Waals surface area contributed by atoms with Crippen LogP contribution in [0.15, 0.2) is 48.5 Å². The molecular weight excluding hydrogens is 246 g/mol. The second-order valence-corrected chi connectivity index (χ2v) is 5.49. The van der Waals surface area contributed by atoms with Gasteiger partial charge >= 0.3 is 0 Å². The van der Waals surface area contributed by atoms with E-state index in [0.29, 0.717) is 12.5 Å². The van der Waals surface area contributed by atoms with Crippen LogP contribution < -0.4 is 10.1 Å². The summed E-state index contributed by atoms with van der Waals surface area (Å²) >= 11 is 0. The molecule has 1 aliphatic rings. The summed E-state index contributed by atoms with van der Waals surface area (Å²) < 4.78 is 5.91. The Morgan fingerprint density at radius 1 is 1.15 bits per heavy atom. The molecule has 2 nitrogen and oxygen atoms in total. The third-order valence-electron chi connectivity index (χ3n) is 3.92. The van der Waals surface area contributed by atoms with Crippen LogP contribution in [0.1, 0.15) is 29.5 Å². The fourth-order valence-electron chi connectivity index (χ4n) is 2.76. The van der Waals surface area contributed by atoms with Gasteiger partial charge in [0.05, 0.1) is 0 Å². The average Bonchev–Trinajstić information content (AvgIpc) is 2.68. The van der Waals surface area contributed by atoms with Crippen LogP contribution in [0.25, 0.3) is 0 Å². The van der Waals surface area contributed by atoms with Gasteiger partial charge in [-0.25, -0.2) is 0 Å². The fraction of sp³-hybridized carbons (Fsp3) is 0.333. The highest BCUT2D eigenvalue weighted by atomic mass is 16.5. The van der Waals surface area contributed by atoms with E-state index in [9.17, 15) is 0 Å². The predicted octanol–water partition coefficient (Wildman–Crippen LogP) is 3.51. The lowest BCUT2D eigenvalue weighted by molar-refractivity contribution is 0.306. The normalized spacial score (nSPS) is 18.1. The first-order valence-electron chi connectivity index (χ1n) is 7.33. The highest BCUT2D eigenvalue weighted by Crippen LogP contribution is 2.26. The largest absolute Gasteiger partial charge is 0.489 e. The molecule has 1 aliphatic heterocycles. The Kier molecular flexibility index (Phi) is 4.03. The van der Waals surface area contributed by atoms with Crippen molar-refractivity contribution in [2.45, 2.75) is 25.9 Å². The van der Waals surface area contributed by atoms with Crippen molar-refractivity contribution in [2.24, 2.45) is 0 Å². The molecule has 0 aromatic heterocycles. The monoisotopic (exact) mass is 267 g/mol. The third-order valence-corrected chi connectivity index (χ3v) is 3.92. The first-order chi connectivity index (χ1) is 9.83. The lowest BCUT2D eigenvalue weighted by Crippen LogP contribution is -2.18. The summed E-state index contributed by atoms with van der Waals surface area (Å²) in [7, 11) is 0. The number of hydrogen-bond donors (Lipinski definition) is 1. The van der Waals surface area contributed by atoms with E-state index >= 15 is 0 Å². The number of rotatable bonds is 3. The maximum absolute atomic E-state index is 5.91. The molecule has 0 amide bonds. The van der Waals surface area contributed by atoms with Gasteiger partial charge in [-0.3, -0.25) is 0 Å². The summed E-state index contributed by atoms with van der Waals surface area (Å²) in [6, 6.07) is 16.8. The van der Waals surface area contributed by atoms with Gasteiger partial charge in [-0.15, -0.1) is 0 Å². The molecule has 104 valence electrons. The van der Waals surface area contributed by atoms with Gasteiger partial charge in [-0.05, 0) is 47.7 Å². The molecule has 1 atom stereocenters. The molecule has 1 N–H and O–H groups in total. The van der Waals surface area contributed by atoms with Crippen molar-refractivity contribution in [3.8, 4) is 5.75 Å². The summed E-state index contributed by atoms with van der Waals surface area (Å²) in [4.78, 5) is 0. The summed E-state index contributed by atoms with van der Waals surface area (Å²) in [5, 5.41) is 3.48. The summed E-state index contributed by atoms with van der Waals surface area (Å²) in [5.41, 5.74) is 4.09. The Hall–Kier alpha value is -1.80. The van der Waals surface area contributed by atoms with E-state index in [2.05, 4.69) is 42.6 Å². The topological polar surface area (TPSA) is 21.3 Å². The number of hydrogen-bond acceptors (Lipinski definition) is 2. The van der Waals surface area contributed by atoms with Gasteiger partial charge < -0.3 is 10.1 Å². The van der Waals surface area contributed by atoms with E-state index in [0.717, 1.165) is 25.3 Å². The van der Waals surface area contributed by atoms with Gasteiger partial charge in [0.2, 0.25) is 0 Å². The summed E-state index contributed by atoms with van der Waals surface area (Å²) in [6.07, 6.45) is 1.09. The highest BCUT2D eigenvalue weighted by Gasteiger charge is 2.14. The van der Waals surface area contributed by atoms with Crippen LogP contribution in [0.5, 0.6) is 5.75 Å². The van der Waals surface area contributed by atoms with Crippen LogP contribution in [0.3, 0.4) is 0 Å². The molecule has 0 saturated heterocycles. The van der Waals surface area contributed by atoms with Crippen molar-refractivity contribution < 1.29 is 4.74 Å². The summed E-state index contributed by atoms with van der Waals surface area (Å²) in [6.45, 7) is 5.03. The first-order valence-corrected chi connectivity index (χ1v) is 7.33. The van der Waals surface area contributed by atoms with Crippen LogP contribution >= 0.6 is 0 Å². The Balaban J connectivity index is 1.73. The Bertz CT molecular complexity index is 565. The van der Waals surface area contributed by atoms with Gasteiger partial charge in [0.15, 0.2) is 0 Å². The lowest BCUT2D eigenvalue weighted by Gasteiger charge is -2.14. The molecule has 20 heavy (non-hydrogen) atoms. The van der Waals surface area contributed by atoms with E-state index in [1.165, 1.54) is 16.7 Å². The van der Waals surface area contributed by atoms with Gasteiger partial charge in [0.25, 0.3) is 0 Å². The van der Waals surface area contributed by atoms with Crippen molar-refractivity contribution in [1.29, 1.82) is 0 Å². The van der Waals surface area contributed by atoms with Crippen molar-refractivity contribution in [3.05, 3.63) is 65.2 Å². The molecule has 3 rings (SSSR count). The van der Waals surface area contributed by atoms with Crippen LogP contribution in [0, 0.1) is 0 Å². The number of ether oxygens (including phenoxy) is 1. The number of benzene rings is 2. The molecule has 1 heterocycles. The van der Waals surface area contributed by atoms with E-state index < -0.39 is 0 Å². The zero-order valence-electron chi connectivity index (χ0n) is 11.9. The predicted molar refractivity (Wildman–Crippen MR) is 82.2 cm³/mol. The molecule has 0 spiro atoms. The van der Waals surface area contributed by atoms with Crippen molar-refractivity contribution >= 4 is 0 Å². The van der Waals surface area contributed by atoms with Crippen LogP contribution in [0.2, 0.25) is 0 Å². The number of nitrogens with one attached hydrogen (secondary N) is 1. The molecule has 2 heteroatoms. The molecule has 2 aromatic rings. The molecular formula is C18H21NO. The van der Waals surface area contributed by atoms with Gasteiger partial charge in [0, 0.05) is 6.54 Å². The number of fused-ring (bicyclic) bond motifs is 1. The minimum Gasteiger partial charge on any atom is -0.489 e. The van der Waals surface area contributed by atoms with Crippen LogP contribution in [-0.2, 0) is 13.0 Å². The molecule has 0 radical (unpaired) electrons. The molecule has 0 aliphatic carbocycles. The smallest absolute Gasteiger partial charge is 0.120 e. The van der Waals surface area contributed by atoms with Gasteiger partial charge in [0.1, 0.15) is 12.4 Å². The molecule has 2 aromatic carbocycles. The Labute approximate surface area is 120 Å². The zero-order valence-corrected chi connectivity index (χ0v) is 11.9. The third kappa shape index (κ3) is 3.02. The Morgan fingerprint density at radius 3 is 2.85 bits per heavy atom. The van der Waals surface area contributed by atoms with Crippen molar-refractivity contribution in [2.75, 3.05) is 13.1 Å². The minimum absolute atomic E-state index is 0.579. The van der Waals surface area contributed by atoms with E-state index in [1.807, 2.05) is 18.2 Å². The SMILES string of the molecule is C[C@@H]1CNCCc2cc(OCc3ccccc3)ccc21. The maximum atomic E-state index is 5.91. The van der Waals surface area contributed by atoms with Crippen LogP contribution in [-0.4, -0.2) is 13.1 Å². The lowest BCUT2D eigenvalue weighted by atomic mass is 9.95. The van der Waals surface area contributed by atoms with Gasteiger partial charge in [-0.2, -0.15) is 0 Å². The van der Waals surface area contributed by atoms with E-state index in [-0.39, 0.29) is 0 Å². The van der Waals surface area contributed by atoms with E-state index in [1.54, 1.807) is 0 Å². The minimum atomic E-state index is 0.579. The second-order valence-electron chi connectivity index (χ2n) is 5.49. The average molecular weight is 267 g/mol. The molecule has 0 saturated carbocycles. The fourth-order valence-corrected chi connectivity index (χ4v) is 2.76. The van der Waals surface area contributed by atoms with Crippen molar-refractivity contribution in [1.82, 2.24) is 5.32 Å². The quantitative estimate of drug-likeness (QED) is 0.918. The zero-order chi connectivity index (χ0) is 13.8. The summed E-state index contributed by atoms with van der Waals surface area (Å²) in [5.74, 6) is 1.55. The molecule has 0 bridgehead atoms. The Morgan fingerprint density at radius 2 is 2.00 bits per heavy atom. The van der Waals surface area contributed by atoms with Gasteiger partial charge in [-0.1, -0.05) is 43.3 Å². The molecule has 0 unspecified atom stereocenters. The molecule has 0 fully saturated rings. The highest BCUT2D eigenvalue weighted by molar-refractivity contribution is 5.38. The standard InChI is InChI=1S/C18H21NO/c1-14-12-19-10-9-16-11-17(7-8-18(14)16)20-13-15-5-3-2-4-6-15/h2-8,11,14,19H,9-10,12-13H2,1H3/t14-/m1/s1. The van der Waals surface area contributed by atoms with E-state index in [4.69, 9.17) is 4.74 Å². The first kappa shape index (κ1) is 13.2. The van der Waals surface area contributed by atoms with Crippen LogP contribution in [0.4, 0.5) is 0 Å². The van der Waals surface area contributed by atoms with Crippen molar-refractivity contribution in [3.63, 3.8) is 0 Å². The second kappa shape index (κ2) is 6.10. The maximum Gasteiger partial charge on any atom is 0.120 e.